The van der Waals surface area contributed by atoms with Crippen molar-refractivity contribution in [2.24, 2.45) is 17.6 Å². The van der Waals surface area contributed by atoms with E-state index in [0.717, 1.165) is 5.69 Å². The first-order valence-corrected chi connectivity index (χ1v) is 6.70. The number of fused-ring (bicyclic) bond motifs is 1. The fraction of sp³-hybridized carbons (Fsp3) is 0.462. The summed E-state index contributed by atoms with van der Waals surface area (Å²) in [6.45, 7) is 0.0226. The second kappa shape index (κ2) is 5.24. The summed E-state index contributed by atoms with van der Waals surface area (Å²) in [7, 11) is 0. The average Bonchev–Trinajstić information content (AvgIpc) is 3.04. The minimum absolute atomic E-state index is 0.00216. The van der Waals surface area contributed by atoms with Crippen molar-refractivity contribution in [3.63, 3.8) is 0 Å². The van der Waals surface area contributed by atoms with Gasteiger partial charge in [-0.25, -0.2) is 4.98 Å². The van der Waals surface area contributed by atoms with Gasteiger partial charge in [-0.05, 0) is 0 Å². The quantitative estimate of drug-likeness (QED) is 0.910. The Kier molecular flexibility index (Phi) is 3.51. The summed E-state index contributed by atoms with van der Waals surface area (Å²) in [5.41, 5.74) is 6.48. The molecule has 22 heavy (non-hydrogen) atoms. The molecule has 0 spiro atoms. The van der Waals surface area contributed by atoms with E-state index < -0.39 is 23.9 Å². The molecule has 0 bridgehead atoms. The summed E-state index contributed by atoms with van der Waals surface area (Å²) in [6.07, 6.45) is 2.00. The highest BCUT2D eigenvalue weighted by atomic mass is 19.4. The fourth-order valence-electron chi connectivity index (χ4n) is 2.88. The second-order valence-electron chi connectivity index (χ2n) is 5.41. The van der Waals surface area contributed by atoms with Crippen LogP contribution in [0.25, 0.3) is 5.65 Å². The first-order valence-electron chi connectivity index (χ1n) is 6.70. The van der Waals surface area contributed by atoms with E-state index in [-0.39, 0.29) is 19.6 Å². The highest BCUT2D eigenvalue weighted by molar-refractivity contribution is 5.77. The zero-order valence-corrected chi connectivity index (χ0v) is 11.5. The summed E-state index contributed by atoms with van der Waals surface area (Å²) >= 11 is 0. The predicted molar refractivity (Wildman–Crippen MR) is 70.5 cm³/mol. The first-order chi connectivity index (χ1) is 10.4. The lowest BCUT2D eigenvalue weighted by molar-refractivity contribution is -0.182. The number of imidazole rings is 1. The molecule has 0 unspecified atom stereocenters. The summed E-state index contributed by atoms with van der Waals surface area (Å²) in [4.78, 5) is 20.9. The third kappa shape index (κ3) is 2.63. The Labute approximate surface area is 123 Å². The van der Waals surface area contributed by atoms with Crippen LogP contribution in [0, 0.1) is 11.8 Å². The molecule has 1 aliphatic rings. The van der Waals surface area contributed by atoms with Gasteiger partial charge in [0.05, 0.1) is 29.9 Å². The number of hydrogen-bond acceptors (Lipinski definition) is 4. The van der Waals surface area contributed by atoms with Crippen LogP contribution < -0.4 is 5.73 Å². The molecule has 1 saturated heterocycles. The maximum atomic E-state index is 13.0. The van der Waals surface area contributed by atoms with Crippen molar-refractivity contribution in [3.05, 3.63) is 30.5 Å². The lowest BCUT2D eigenvalue weighted by atomic mass is 9.95. The van der Waals surface area contributed by atoms with Crippen LogP contribution in [0.5, 0.6) is 0 Å². The maximum absolute atomic E-state index is 13.0. The average molecular weight is 313 g/mol. The lowest BCUT2D eigenvalue weighted by Crippen LogP contribution is -2.37. The Hall–Kier alpha value is -2.16. The largest absolute Gasteiger partial charge is 0.393 e. The van der Waals surface area contributed by atoms with Crippen LogP contribution in [0.15, 0.2) is 24.8 Å². The second-order valence-corrected chi connectivity index (χ2v) is 5.41. The van der Waals surface area contributed by atoms with E-state index in [2.05, 4.69) is 9.97 Å². The molecule has 2 N–H and O–H groups in total. The SMILES string of the molecule is NC(=O)[C@@H]1CN(Cc2cnc3cnccn23)C[C@H]1C(F)(F)F. The monoisotopic (exact) mass is 313 g/mol. The molecule has 0 aromatic carbocycles. The van der Waals surface area contributed by atoms with Gasteiger partial charge in [0, 0.05) is 32.0 Å². The Balaban J connectivity index is 1.80. The smallest absolute Gasteiger partial charge is 0.369 e. The molecule has 2 aromatic rings. The number of likely N-dealkylation sites (tertiary alicyclic amines) is 1. The molecule has 0 saturated carbocycles. The van der Waals surface area contributed by atoms with Crippen molar-refractivity contribution < 1.29 is 18.0 Å². The zero-order chi connectivity index (χ0) is 15.9. The van der Waals surface area contributed by atoms with Gasteiger partial charge in [0.25, 0.3) is 0 Å². The van der Waals surface area contributed by atoms with E-state index in [1.54, 1.807) is 34.1 Å². The molecular weight excluding hydrogens is 299 g/mol. The third-order valence-electron chi connectivity index (χ3n) is 3.96. The van der Waals surface area contributed by atoms with E-state index in [1.807, 2.05) is 0 Å². The van der Waals surface area contributed by atoms with Gasteiger partial charge < -0.3 is 5.73 Å². The molecule has 0 radical (unpaired) electrons. The molecule has 3 rings (SSSR count). The minimum Gasteiger partial charge on any atom is -0.369 e. The molecule has 9 heteroatoms. The van der Waals surface area contributed by atoms with Gasteiger partial charge >= 0.3 is 6.18 Å². The molecule has 1 fully saturated rings. The van der Waals surface area contributed by atoms with Gasteiger partial charge in [-0.15, -0.1) is 0 Å². The van der Waals surface area contributed by atoms with E-state index >= 15 is 0 Å². The summed E-state index contributed by atoms with van der Waals surface area (Å²) in [6, 6.07) is 0. The number of carbonyl (C=O) groups is 1. The van der Waals surface area contributed by atoms with Gasteiger partial charge in [0.2, 0.25) is 5.91 Å². The standard InChI is InChI=1S/C13H14F3N5O/c14-13(15,16)10-7-20(6-9(10)12(17)22)5-8-3-19-11-4-18-1-2-21(8)11/h1-4,9-10H,5-7H2,(H2,17,22)/t9-,10-/m1/s1. The molecular formula is C13H14F3N5O. The van der Waals surface area contributed by atoms with Crippen molar-refractivity contribution in [2.75, 3.05) is 13.1 Å². The van der Waals surface area contributed by atoms with Crippen LogP contribution in [0.3, 0.4) is 0 Å². The molecule has 6 nitrogen and oxygen atoms in total. The minimum atomic E-state index is -4.43. The van der Waals surface area contributed by atoms with Crippen molar-refractivity contribution in [3.8, 4) is 0 Å². The van der Waals surface area contributed by atoms with Gasteiger partial charge in [0.15, 0.2) is 5.65 Å². The van der Waals surface area contributed by atoms with Crippen LogP contribution in [0.1, 0.15) is 5.69 Å². The summed E-state index contributed by atoms with van der Waals surface area (Å²) in [5.74, 6) is -3.83. The van der Waals surface area contributed by atoms with Crippen molar-refractivity contribution in [2.45, 2.75) is 12.7 Å². The number of rotatable bonds is 3. The molecule has 2 atom stereocenters. The zero-order valence-electron chi connectivity index (χ0n) is 11.5. The Bertz CT molecular complexity index is 698. The van der Waals surface area contributed by atoms with Crippen molar-refractivity contribution in [1.29, 1.82) is 0 Å². The molecule has 118 valence electrons. The van der Waals surface area contributed by atoms with E-state index in [9.17, 15) is 18.0 Å². The van der Waals surface area contributed by atoms with Gasteiger partial charge in [0.1, 0.15) is 0 Å². The number of aromatic nitrogens is 3. The predicted octanol–water partition coefficient (Wildman–Crippen LogP) is 0.825. The van der Waals surface area contributed by atoms with E-state index in [1.165, 1.54) is 0 Å². The van der Waals surface area contributed by atoms with Crippen molar-refractivity contribution in [1.82, 2.24) is 19.3 Å². The number of nitrogens with two attached hydrogens (primary N) is 1. The number of halogens is 3. The normalized spacial score (nSPS) is 23.2. The molecule has 2 aromatic heterocycles. The topological polar surface area (TPSA) is 76.5 Å². The Morgan fingerprint density at radius 1 is 1.36 bits per heavy atom. The van der Waals surface area contributed by atoms with Crippen LogP contribution >= 0.6 is 0 Å². The molecule has 1 aliphatic heterocycles. The molecule has 0 aliphatic carbocycles. The first kappa shape index (κ1) is 14.8. The number of nitrogens with zero attached hydrogens (tertiary/aromatic N) is 4. The van der Waals surface area contributed by atoms with Crippen LogP contribution in [-0.4, -0.2) is 44.4 Å². The van der Waals surface area contributed by atoms with Gasteiger partial charge in [-0.3, -0.25) is 19.1 Å². The number of carbonyl (C=O) groups excluding carboxylic acids is 1. The number of hydrogen-bond donors (Lipinski definition) is 1. The summed E-state index contributed by atoms with van der Waals surface area (Å²) in [5, 5.41) is 0. The third-order valence-corrected chi connectivity index (χ3v) is 3.96. The highest BCUT2D eigenvalue weighted by Gasteiger charge is 2.51. The van der Waals surface area contributed by atoms with Crippen LogP contribution in [0.2, 0.25) is 0 Å². The van der Waals surface area contributed by atoms with Crippen LogP contribution in [-0.2, 0) is 11.3 Å². The highest BCUT2D eigenvalue weighted by Crippen LogP contribution is 2.37. The number of amides is 1. The van der Waals surface area contributed by atoms with E-state index in [4.69, 9.17) is 5.73 Å². The molecule has 1 amide bonds. The van der Waals surface area contributed by atoms with Crippen LogP contribution in [0.4, 0.5) is 13.2 Å². The van der Waals surface area contributed by atoms with Gasteiger partial charge in [-0.1, -0.05) is 0 Å². The lowest BCUT2D eigenvalue weighted by Gasteiger charge is -2.18. The molecule has 3 heterocycles. The maximum Gasteiger partial charge on any atom is 0.393 e. The Morgan fingerprint density at radius 3 is 2.77 bits per heavy atom. The van der Waals surface area contributed by atoms with E-state index in [0.29, 0.717) is 5.65 Å². The number of alkyl halides is 3. The van der Waals surface area contributed by atoms with Crippen molar-refractivity contribution >= 4 is 11.6 Å². The summed E-state index contributed by atoms with van der Waals surface area (Å²) < 4.78 is 40.8. The fourth-order valence-corrected chi connectivity index (χ4v) is 2.88. The van der Waals surface area contributed by atoms with Gasteiger partial charge in [-0.2, -0.15) is 13.2 Å². The number of primary amides is 1. The Morgan fingerprint density at radius 2 is 2.14 bits per heavy atom.